The molecule has 0 spiro atoms. The predicted molar refractivity (Wildman–Crippen MR) is 79.3 cm³/mol. The van der Waals surface area contributed by atoms with E-state index in [1.54, 1.807) is 0 Å². The van der Waals surface area contributed by atoms with Gasteiger partial charge >= 0.3 is 7.82 Å². The van der Waals surface area contributed by atoms with Gasteiger partial charge in [-0.1, -0.05) is 38.1 Å². The summed E-state index contributed by atoms with van der Waals surface area (Å²) in [5.74, 6) is 0.265. The van der Waals surface area contributed by atoms with Crippen molar-refractivity contribution in [3.8, 4) is 0 Å². The quantitative estimate of drug-likeness (QED) is 0.626. The maximum absolute atomic E-state index is 11.2. The summed E-state index contributed by atoms with van der Waals surface area (Å²) in [5.41, 5.74) is 1.90. The van der Waals surface area contributed by atoms with Crippen LogP contribution < -0.4 is 0 Å². The number of phosphoric acid groups is 1. The Kier molecular flexibility index (Phi) is 5.53. The maximum Gasteiger partial charge on any atom is 0.470 e. The van der Waals surface area contributed by atoms with Crippen LogP contribution in [0.15, 0.2) is 24.3 Å². The summed E-state index contributed by atoms with van der Waals surface area (Å²) in [6, 6.07) is 7.66. The van der Waals surface area contributed by atoms with Gasteiger partial charge in [0.15, 0.2) is 0 Å². The average molecular weight is 302 g/mol. The highest BCUT2D eigenvalue weighted by molar-refractivity contribution is 7.46. The highest BCUT2D eigenvalue weighted by atomic mass is 31.2. The van der Waals surface area contributed by atoms with Gasteiger partial charge in [0.05, 0.1) is 21.1 Å². The van der Waals surface area contributed by atoms with Crippen LogP contribution >= 0.6 is 7.82 Å². The van der Waals surface area contributed by atoms with E-state index in [2.05, 4.69) is 13.8 Å². The lowest BCUT2D eigenvalue weighted by Gasteiger charge is -2.30. The molecule has 114 valence electrons. The lowest BCUT2D eigenvalue weighted by Crippen LogP contribution is -2.39. The van der Waals surface area contributed by atoms with Crippen LogP contribution in [0.3, 0.4) is 0 Å². The molecule has 0 aliphatic carbocycles. The van der Waals surface area contributed by atoms with Crippen LogP contribution in [0.2, 0.25) is 0 Å². The molecule has 0 amide bonds. The Bertz CT molecular complexity index is 490. The van der Waals surface area contributed by atoms with Gasteiger partial charge < -0.3 is 14.3 Å². The van der Waals surface area contributed by atoms with Crippen LogP contribution in [0.5, 0.6) is 0 Å². The molecule has 5 nitrogen and oxygen atoms in total. The summed E-state index contributed by atoms with van der Waals surface area (Å²) in [4.78, 5) is 18.3. The number of phosphoric ester groups is 1. The molecule has 0 aromatic heterocycles. The van der Waals surface area contributed by atoms with Crippen molar-refractivity contribution >= 4 is 7.82 Å². The number of nitrogens with zero attached hydrogens (tertiary/aromatic N) is 1. The normalized spacial score (nSPS) is 14.6. The molecule has 0 aliphatic rings. The summed E-state index contributed by atoms with van der Waals surface area (Å²) in [6.45, 7) is 4.59. The zero-order valence-electron chi connectivity index (χ0n) is 12.8. The van der Waals surface area contributed by atoms with Gasteiger partial charge in [-0.2, -0.15) is 0 Å². The van der Waals surface area contributed by atoms with Gasteiger partial charge in [-0.05, 0) is 17.0 Å². The fraction of sp³-hybridized carbons (Fsp3) is 0.571. The zero-order chi connectivity index (χ0) is 15.6. The van der Waals surface area contributed by atoms with Crippen LogP contribution in [0, 0.1) is 0 Å². The number of hydrogen-bond donors (Lipinski definition) is 2. The van der Waals surface area contributed by atoms with Gasteiger partial charge in [0.1, 0.15) is 12.6 Å². The molecular formula is C14H25NO4P+. The fourth-order valence-corrected chi connectivity index (χ4v) is 2.69. The van der Waals surface area contributed by atoms with Gasteiger partial charge in [0, 0.05) is 0 Å². The van der Waals surface area contributed by atoms with Crippen molar-refractivity contribution in [2.75, 3.05) is 27.7 Å². The number of rotatable bonds is 6. The second-order valence-corrected chi connectivity index (χ2v) is 7.53. The van der Waals surface area contributed by atoms with E-state index in [9.17, 15) is 4.57 Å². The SMILES string of the molecule is CC(C)c1ccccc1C(C[N+](C)(C)C)OP(=O)(O)O. The highest BCUT2D eigenvalue weighted by Crippen LogP contribution is 2.44. The minimum atomic E-state index is -4.53. The first-order valence-corrected chi connectivity index (χ1v) is 8.16. The highest BCUT2D eigenvalue weighted by Gasteiger charge is 2.30. The van der Waals surface area contributed by atoms with E-state index < -0.39 is 13.9 Å². The van der Waals surface area contributed by atoms with Crippen LogP contribution in [-0.4, -0.2) is 42.0 Å². The standard InChI is InChI=1S/C14H24NO4P/c1-11(2)12-8-6-7-9-13(12)14(10-15(3,4)5)19-20(16,17)18/h6-9,11,14H,10H2,1-5H3,(H-,16,17,18)/p+1. The van der Waals surface area contributed by atoms with Crippen molar-refractivity contribution in [1.29, 1.82) is 0 Å². The summed E-state index contributed by atoms with van der Waals surface area (Å²) in [7, 11) is 1.37. The Morgan fingerprint density at radius 3 is 2.05 bits per heavy atom. The predicted octanol–water partition coefficient (Wildman–Crippen LogP) is 2.67. The third-order valence-electron chi connectivity index (χ3n) is 2.94. The molecule has 2 N–H and O–H groups in total. The van der Waals surface area contributed by atoms with Crippen molar-refractivity contribution in [1.82, 2.24) is 0 Å². The van der Waals surface area contributed by atoms with E-state index in [0.29, 0.717) is 11.0 Å². The summed E-state index contributed by atoms with van der Waals surface area (Å²) in [6.07, 6.45) is -0.630. The second kappa shape index (κ2) is 6.37. The van der Waals surface area contributed by atoms with Crippen molar-refractivity contribution < 1.29 is 23.4 Å². The Labute approximate surface area is 121 Å². The molecule has 0 radical (unpaired) electrons. The summed E-state index contributed by atoms with van der Waals surface area (Å²) >= 11 is 0. The monoisotopic (exact) mass is 302 g/mol. The molecular weight excluding hydrogens is 277 g/mol. The topological polar surface area (TPSA) is 66.8 Å². The smallest absolute Gasteiger partial charge is 0.328 e. The Hall–Kier alpha value is -0.710. The molecule has 1 unspecified atom stereocenters. The first-order valence-electron chi connectivity index (χ1n) is 6.63. The molecule has 20 heavy (non-hydrogen) atoms. The first kappa shape index (κ1) is 17.3. The third kappa shape index (κ3) is 5.73. The lowest BCUT2D eigenvalue weighted by molar-refractivity contribution is -0.874. The molecule has 0 saturated heterocycles. The molecule has 1 aromatic carbocycles. The summed E-state index contributed by atoms with van der Waals surface area (Å²) < 4.78 is 16.8. The molecule has 0 fully saturated rings. The van der Waals surface area contributed by atoms with Crippen LogP contribution in [0.4, 0.5) is 0 Å². The maximum atomic E-state index is 11.2. The van der Waals surface area contributed by atoms with Crippen molar-refractivity contribution in [2.24, 2.45) is 0 Å². The lowest BCUT2D eigenvalue weighted by atomic mass is 9.94. The van der Waals surface area contributed by atoms with E-state index >= 15 is 0 Å². The van der Waals surface area contributed by atoms with E-state index in [1.807, 2.05) is 45.4 Å². The second-order valence-electron chi connectivity index (χ2n) is 6.34. The van der Waals surface area contributed by atoms with Gasteiger partial charge in [-0.25, -0.2) is 4.57 Å². The third-order valence-corrected chi connectivity index (χ3v) is 3.47. The largest absolute Gasteiger partial charge is 0.470 e. The van der Waals surface area contributed by atoms with Crippen LogP contribution in [-0.2, 0) is 9.09 Å². The van der Waals surface area contributed by atoms with Crippen LogP contribution in [0.1, 0.15) is 37.0 Å². The molecule has 1 aromatic rings. The zero-order valence-corrected chi connectivity index (χ0v) is 13.7. The van der Waals surface area contributed by atoms with Crippen molar-refractivity contribution in [3.05, 3.63) is 35.4 Å². The number of hydrogen-bond acceptors (Lipinski definition) is 2. The van der Waals surface area contributed by atoms with E-state index in [-0.39, 0.29) is 5.92 Å². The fourth-order valence-electron chi connectivity index (χ4n) is 2.18. The molecule has 6 heteroatoms. The van der Waals surface area contributed by atoms with Gasteiger partial charge in [0.2, 0.25) is 0 Å². The average Bonchev–Trinajstić information content (AvgIpc) is 2.24. The molecule has 0 bridgehead atoms. The Balaban J connectivity index is 3.20. The van der Waals surface area contributed by atoms with E-state index in [4.69, 9.17) is 14.3 Å². The molecule has 1 atom stereocenters. The number of benzene rings is 1. The number of quaternary nitrogens is 1. The Morgan fingerprint density at radius 1 is 1.15 bits per heavy atom. The Morgan fingerprint density at radius 2 is 1.65 bits per heavy atom. The minimum absolute atomic E-state index is 0.265. The van der Waals surface area contributed by atoms with Gasteiger partial charge in [-0.15, -0.1) is 0 Å². The van der Waals surface area contributed by atoms with Gasteiger partial charge in [0.25, 0.3) is 0 Å². The van der Waals surface area contributed by atoms with Crippen molar-refractivity contribution in [2.45, 2.75) is 25.9 Å². The van der Waals surface area contributed by atoms with E-state index in [1.165, 1.54) is 0 Å². The number of likely N-dealkylation sites (N-methyl/N-ethyl adjacent to an activating group) is 1. The summed E-state index contributed by atoms with van der Waals surface area (Å²) in [5, 5.41) is 0. The molecule has 0 aliphatic heterocycles. The first-order chi connectivity index (χ1) is 8.99. The molecule has 0 heterocycles. The molecule has 1 rings (SSSR count). The van der Waals surface area contributed by atoms with Crippen LogP contribution in [0.25, 0.3) is 0 Å². The molecule has 0 saturated carbocycles. The van der Waals surface area contributed by atoms with E-state index in [0.717, 1.165) is 11.1 Å². The van der Waals surface area contributed by atoms with Crippen molar-refractivity contribution in [3.63, 3.8) is 0 Å². The minimum Gasteiger partial charge on any atom is -0.328 e. The van der Waals surface area contributed by atoms with Gasteiger partial charge in [-0.3, -0.25) is 4.52 Å².